The molecule has 0 saturated heterocycles. The van der Waals surface area contributed by atoms with Crippen molar-refractivity contribution in [2.75, 3.05) is 0 Å². The first-order valence-corrected chi connectivity index (χ1v) is 7.23. The monoisotopic (exact) mass is 308 g/mol. The van der Waals surface area contributed by atoms with E-state index in [4.69, 9.17) is 5.21 Å². The van der Waals surface area contributed by atoms with E-state index in [0.29, 0.717) is 0 Å². The summed E-state index contributed by atoms with van der Waals surface area (Å²) in [6.07, 6.45) is 7.33. The molecule has 0 radical (unpaired) electrons. The van der Waals surface area contributed by atoms with Crippen LogP contribution in [0.1, 0.15) is 11.3 Å². The zero-order chi connectivity index (χ0) is 16.1. The Hall–Kier alpha value is -2.99. The first-order valence-electron chi connectivity index (χ1n) is 7.23. The van der Waals surface area contributed by atoms with Gasteiger partial charge in [0.1, 0.15) is 0 Å². The van der Waals surface area contributed by atoms with Gasteiger partial charge in [-0.3, -0.25) is 15.0 Å². The molecular formula is C17H16N4O2. The number of carbonyl (C=O) groups is 1. The van der Waals surface area contributed by atoms with Gasteiger partial charge in [0.15, 0.2) is 0 Å². The van der Waals surface area contributed by atoms with Gasteiger partial charge in [-0.2, -0.15) is 0 Å². The summed E-state index contributed by atoms with van der Waals surface area (Å²) in [6.45, 7) is 0.801. The molecule has 0 spiro atoms. The largest absolute Gasteiger partial charge is 0.330 e. The van der Waals surface area contributed by atoms with Crippen LogP contribution in [0.5, 0.6) is 0 Å². The minimum Gasteiger partial charge on any atom is -0.330 e. The number of carbonyl (C=O) groups excluding carboxylic acids is 1. The molecule has 0 aliphatic rings. The molecule has 0 unspecified atom stereocenters. The van der Waals surface area contributed by atoms with Crippen LogP contribution >= 0.6 is 0 Å². The third-order valence-corrected chi connectivity index (χ3v) is 3.52. The lowest BCUT2D eigenvalue weighted by molar-refractivity contribution is -0.124. The molecule has 1 aromatic carbocycles. The molecule has 0 fully saturated rings. The number of amides is 1. The highest BCUT2D eigenvalue weighted by molar-refractivity contribution is 5.91. The Labute approximate surface area is 133 Å². The molecule has 0 atom stereocenters. The minimum atomic E-state index is -0.564. The van der Waals surface area contributed by atoms with E-state index in [0.717, 1.165) is 35.3 Å². The topological polar surface area (TPSA) is 80.0 Å². The molecule has 3 aromatic rings. The first-order chi connectivity index (χ1) is 11.3. The summed E-state index contributed by atoms with van der Waals surface area (Å²) in [5.74, 6) is -0.564. The van der Waals surface area contributed by atoms with Gasteiger partial charge in [0.25, 0.3) is 5.91 Å². The van der Waals surface area contributed by atoms with Gasteiger partial charge in [0.05, 0.1) is 17.4 Å². The molecule has 2 aromatic heterocycles. The second kappa shape index (κ2) is 6.85. The normalized spacial score (nSPS) is 11.2. The zero-order valence-electron chi connectivity index (χ0n) is 12.4. The molecule has 6 nitrogen and oxygen atoms in total. The van der Waals surface area contributed by atoms with E-state index in [1.54, 1.807) is 17.8 Å². The summed E-state index contributed by atoms with van der Waals surface area (Å²) < 4.78 is 2.08. The van der Waals surface area contributed by atoms with Gasteiger partial charge in [-0.1, -0.05) is 12.1 Å². The van der Waals surface area contributed by atoms with E-state index in [-0.39, 0.29) is 0 Å². The van der Waals surface area contributed by atoms with Gasteiger partial charge in [0.2, 0.25) is 0 Å². The van der Waals surface area contributed by atoms with Crippen LogP contribution in [0, 0.1) is 0 Å². The summed E-state index contributed by atoms with van der Waals surface area (Å²) in [7, 11) is 0. The van der Waals surface area contributed by atoms with Crippen molar-refractivity contribution in [2.24, 2.45) is 0 Å². The van der Waals surface area contributed by atoms with Gasteiger partial charge in [-0.15, -0.1) is 0 Å². The molecule has 116 valence electrons. The summed E-state index contributed by atoms with van der Waals surface area (Å²) in [4.78, 5) is 19.7. The van der Waals surface area contributed by atoms with Crippen LogP contribution in [-0.2, 0) is 17.8 Å². The number of rotatable bonds is 5. The van der Waals surface area contributed by atoms with Crippen molar-refractivity contribution in [3.05, 3.63) is 66.3 Å². The average molecular weight is 308 g/mol. The van der Waals surface area contributed by atoms with Crippen molar-refractivity contribution in [1.29, 1.82) is 0 Å². The molecule has 2 N–H and O–H groups in total. The van der Waals surface area contributed by atoms with E-state index in [9.17, 15) is 4.79 Å². The first kappa shape index (κ1) is 14.9. The second-order valence-electron chi connectivity index (χ2n) is 5.07. The Balaban J connectivity index is 1.76. The van der Waals surface area contributed by atoms with Crippen LogP contribution in [0.15, 0.2) is 55.0 Å². The predicted molar refractivity (Wildman–Crippen MR) is 86.6 cm³/mol. The highest BCUT2D eigenvalue weighted by Crippen LogP contribution is 2.16. The maximum absolute atomic E-state index is 11.0. The van der Waals surface area contributed by atoms with E-state index >= 15 is 0 Å². The lowest BCUT2D eigenvalue weighted by atomic mass is 10.2. The van der Waals surface area contributed by atoms with Crippen LogP contribution in [0.4, 0.5) is 0 Å². The van der Waals surface area contributed by atoms with Crippen molar-refractivity contribution in [1.82, 2.24) is 20.0 Å². The van der Waals surface area contributed by atoms with Crippen molar-refractivity contribution >= 4 is 23.0 Å². The number of nitrogens with one attached hydrogen (secondary N) is 1. The van der Waals surface area contributed by atoms with Crippen molar-refractivity contribution in [2.45, 2.75) is 13.0 Å². The number of aromatic nitrogens is 3. The molecule has 0 aliphatic carbocycles. The SMILES string of the molecule is O=C(/C=C/c1ccc2c(c1)ncn2CCc1ccccn1)NO. The van der Waals surface area contributed by atoms with Crippen molar-refractivity contribution < 1.29 is 10.0 Å². The highest BCUT2D eigenvalue weighted by Gasteiger charge is 2.04. The third-order valence-electron chi connectivity index (χ3n) is 3.52. The molecule has 0 bridgehead atoms. The van der Waals surface area contributed by atoms with Gasteiger partial charge in [-0.25, -0.2) is 10.5 Å². The van der Waals surface area contributed by atoms with Gasteiger partial charge >= 0.3 is 0 Å². The fourth-order valence-electron chi connectivity index (χ4n) is 2.35. The van der Waals surface area contributed by atoms with Crippen LogP contribution in [0.3, 0.4) is 0 Å². The molecule has 6 heteroatoms. The van der Waals surface area contributed by atoms with Crippen LogP contribution < -0.4 is 5.48 Å². The van der Waals surface area contributed by atoms with Crippen molar-refractivity contribution in [3.8, 4) is 0 Å². The second-order valence-corrected chi connectivity index (χ2v) is 5.07. The van der Waals surface area contributed by atoms with E-state index in [1.165, 1.54) is 6.08 Å². The smallest absolute Gasteiger partial charge is 0.267 e. The van der Waals surface area contributed by atoms with Crippen LogP contribution in [0.2, 0.25) is 0 Å². The van der Waals surface area contributed by atoms with E-state index in [1.807, 2.05) is 42.7 Å². The summed E-state index contributed by atoms with van der Waals surface area (Å²) in [5.41, 5.74) is 5.34. The highest BCUT2D eigenvalue weighted by atomic mass is 16.5. The summed E-state index contributed by atoms with van der Waals surface area (Å²) in [5, 5.41) is 8.47. The van der Waals surface area contributed by atoms with Crippen LogP contribution in [-0.4, -0.2) is 25.6 Å². The number of imidazole rings is 1. The predicted octanol–water partition coefficient (Wildman–Crippen LogP) is 2.19. The lowest BCUT2D eigenvalue weighted by Crippen LogP contribution is -2.14. The van der Waals surface area contributed by atoms with Crippen molar-refractivity contribution in [3.63, 3.8) is 0 Å². The van der Waals surface area contributed by atoms with Crippen LogP contribution in [0.25, 0.3) is 17.1 Å². The third kappa shape index (κ3) is 3.61. The molecule has 0 aliphatic heterocycles. The number of fused-ring (bicyclic) bond motifs is 1. The number of hydroxylamine groups is 1. The summed E-state index contributed by atoms with van der Waals surface area (Å²) in [6, 6.07) is 11.7. The van der Waals surface area contributed by atoms with E-state index in [2.05, 4.69) is 14.5 Å². The maximum Gasteiger partial charge on any atom is 0.267 e. The molecule has 2 heterocycles. The molecular weight excluding hydrogens is 292 g/mol. The molecule has 1 amide bonds. The molecule has 0 saturated carbocycles. The van der Waals surface area contributed by atoms with Gasteiger partial charge in [0, 0.05) is 30.9 Å². The zero-order valence-corrected chi connectivity index (χ0v) is 12.4. The number of hydrogen-bond acceptors (Lipinski definition) is 4. The minimum absolute atomic E-state index is 0.564. The number of aryl methyl sites for hydroxylation is 2. The fourth-order valence-corrected chi connectivity index (χ4v) is 2.35. The Morgan fingerprint density at radius 3 is 2.96 bits per heavy atom. The number of nitrogens with zero attached hydrogens (tertiary/aromatic N) is 3. The number of hydrogen-bond donors (Lipinski definition) is 2. The summed E-state index contributed by atoms with van der Waals surface area (Å²) >= 11 is 0. The molecule has 3 rings (SSSR count). The Bertz CT molecular complexity index is 840. The quantitative estimate of drug-likeness (QED) is 0.430. The average Bonchev–Trinajstić information content (AvgIpc) is 3.01. The Morgan fingerprint density at radius 1 is 1.26 bits per heavy atom. The number of pyridine rings is 1. The van der Waals surface area contributed by atoms with Gasteiger partial charge < -0.3 is 4.57 Å². The Kier molecular flexibility index (Phi) is 4.44. The Morgan fingerprint density at radius 2 is 2.17 bits per heavy atom. The van der Waals surface area contributed by atoms with Gasteiger partial charge in [-0.05, 0) is 35.9 Å². The standard InChI is InChI=1S/C17H16N4O2/c22-17(20-23)7-5-13-4-6-16-15(11-13)19-12-21(16)10-8-14-3-1-2-9-18-14/h1-7,9,11-12,23H,8,10H2,(H,20,22)/b7-5+. The fraction of sp³-hybridized carbons (Fsp3) is 0.118. The molecule has 23 heavy (non-hydrogen) atoms. The van der Waals surface area contributed by atoms with E-state index < -0.39 is 5.91 Å². The lowest BCUT2D eigenvalue weighted by Gasteiger charge is -2.04. The maximum atomic E-state index is 11.0. The number of benzene rings is 1.